The summed E-state index contributed by atoms with van der Waals surface area (Å²) in [6, 6.07) is 33.1. The van der Waals surface area contributed by atoms with Gasteiger partial charge in [0, 0.05) is 17.8 Å². The number of likely N-dealkylation sites (tertiary alicyclic amines) is 1. The van der Waals surface area contributed by atoms with Crippen LogP contribution in [0, 0.1) is 17.8 Å². The molecule has 276 valence electrons. The second-order valence-corrected chi connectivity index (χ2v) is 20.3. The van der Waals surface area contributed by atoms with Gasteiger partial charge in [-0.15, -0.1) is 0 Å². The number of rotatable bonds is 12. The Bertz CT molecular complexity index is 1990. The summed E-state index contributed by atoms with van der Waals surface area (Å²) in [5.74, 6) is -0.676. The first-order valence-corrected chi connectivity index (χ1v) is 21.3. The molecule has 0 unspecified atom stereocenters. The van der Waals surface area contributed by atoms with Gasteiger partial charge in [-0.3, -0.25) is 14.5 Å². The van der Waals surface area contributed by atoms with E-state index in [9.17, 15) is 14.7 Å². The molecule has 0 aromatic heterocycles. The highest BCUT2D eigenvalue weighted by Gasteiger charge is 2.57. The molecule has 4 aromatic carbocycles. The summed E-state index contributed by atoms with van der Waals surface area (Å²) in [5.41, 5.74) is 4.71. The van der Waals surface area contributed by atoms with Crippen LogP contribution < -0.4 is 10.4 Å². The van der Waals surface area contributed by atoms with E-state index in [1.807, 2.05) is 31.2 Å². The molecule has 0 bridgehead atoms. The maximum Gasteiger partial charge on any atom is 0.261 e. The molecule has 7 rings (SSSR count). The van der Waals surface area contributed by atoms with Crippen LogP contribution in [0.3, 0.4) is 0 Å². The SMILES string of the molecule is CCCN1C(=O)[C@@H]2[C@@H](CC(CO[Si](c3ccccc3)(c3ccccc3)C(C)(C)C)=C3[C@@H](CC/C(=C/c4ccc(O)c5ccccc45)CC)OC[C@@H]32)C1=O. The highest BCUT2D eigenvalue weighted by molar-refractivity contribution is 6.99. The van der Waals surface area contributed by atoms with E-state index < -0.39 is 8.32 Å². The van der Waals surface area contributed by atoms with Gasteiger partial charge in [-0.25, -0.2) is 0 Å². The van der Waals surface area contributed by atoms with Gasteiger partial charge in [0.1, 0.15) is 5.75 Å². The van der Waals surface area contributed by atoms with E-state index in [1.54, 1.807) is 6.07 Å². The van der Waals surface area contributed by atoms with Gasteiger partial charge in [0.25, 0.3) is 8.32 Å². The molecule has 0 saturated carbocycles. The number of hydrogen-bond acceptors (Lipinski definition) is 5. The van der Waals surface area contributed by atoms with Crippen LogP contribution >= 0.6 is 0 Å². The molecule has 1 aliphatic carbocycles. The molecule has 2 fully saturated rings. The van der Waals surface area contributed by atoms with Gasteiger partial charge in [0.05, 0.1) is 31.2 Å². The minimum atomic E-state index is -2.87. The van der Waals surface area contributed by atoms with Crippen LogP contribution in [0.2, 0.25) is 5.04 Å². The van der Waals surface area contributed by atoms with Crippen LogP contribution in [0.15, 0.2) is 114 Å². The molecule has 3 aliphatic rings. The molecular weight excluding hydrogens is 675 g/mol. The van der Waals surface area contributed by atoms with E-state index in [0.29, 0.717) is 26.2 Å². The van der Waals surface area contributed by atoms with Crippen molar-refractivity contribution in [1.29, 1.82) is 0 Å². The Kier molecular flexibility index (Phi) is 10.6. The monoisotopic (exact) mass is 727 g/mol. The zero-order valence-corrected chi connectivity index (χ0v) is 32.8. The van der Waals surface area contributed by atoms with Crippen molar-refractivity contribution in [1.82, 2.24) is 4.90 Å². The molecule has 1 N–H and O–H groups in total. The van der Waals surface area contributed by atoms with E-state index in [1.165, 1.54) is 26.4 Å². The van der Waals surface area contributed by atoms with Gasteiger partial charge in [-0.2, -0.15) is 0 Å². The van der Waals surface area contributed by atoms with Gasteiger partial charge in [-0.05, 0) is 75.7 Å². The molecule has 0 spiro atoms. The van der Waals surface area contributed by atoms with Gasteiger partial charge < -0.3 is 14.3 Å². The lowest BCUT2D eigenvalue weighted by atomic mass is 9.69. The Morgan fingerprint density at radius 3 is 2.13 bits per heavy atom. The van der Waals surface area contributed by atoms with E-state index in [-0.39, 0.29) is 46.5 Å². The molecule has 4 atom stereocenters. The zero-order valence-electron chi connectivity index (χ0n) is 31.8. The lowest BCUT2D eigenvalue weighted by Gasteiger charge is -2.44. The summed E-state index contributed by atoms with van der Waals surface area (Å²) in [5, 5.41) is 14.6. The number of amides is 2. The largest absolute Gasteiger partial charge is 0.507 e. The van der Waals surface area contributed by atoms with E-state index in [2.05, 4.69) is 101 Å². The van der Waals surface area contributed by atoms with E-state index in [4.69, 9.17) is 9.16 Å². The Balaban J connectivity index is 1.26. The van der Waals surface area contributed by atoms with Crippen molar-refractivity contribution >= 4 is 47.4 Å². The number of carbonyl (C=O) groups is 2. The summed E-state index contributed by atoms with van der Waals surface area (Å²) in [6.07, 6.45) is 5.86. The molecule has 53 heavy (non-hydrogen) atoms. The Labute approximate surface area is 315 Å². The first-order valence-electron chi connectivity index (χ1n) is 19.4. The topological polar surface area (TPSA) is 76.1 Å². The number of nitrogens with zero attached hydrogens (tertiary/aromatic N) is 1. The van der Waals surface area contributed by atoms with Gasteiger partial charge >= 0.3 is 0 Å². The fourth-order valence-corrected chi connectivity index (χ4v) is 13.9. The number of imide groups is 1. The average Bonchev–Trinajstić information content (AvgIpc) is 3.69. The molecule has 6 nitrogen and oxygen atoms in total. The summed E-state index contributed by atoms with van der Waals surface area (Å²) in [6.45, 7) is 12.4. The third-order valence-corrected chi connectivity index (χ3v) is 16.9. The van der Waals surface area contributed by atoms with Crippen LogP contribution in [0.1, 0.15) is 72.3 Å². The molecule has 2 heterocycles. The number of hydrogen-bond donors (Lipinski definition) is 1. The lowest BCUT2D eigenvalue weighted by molar-refractivity contribution is -0.140. The van der Waals surface area contributed by atoms with Crippen molar-refractivity contribution in [2.75, 3.05) is 19.8 Å². The maximum atomic E-state index is 13.9. The van der Waals surface area contributed by atoms with Crippen molar-refractivity contribution in [3.63, 3.8) is 0 Å². The smallest absolute Gasteiger partial charge is 0.261 e. The summed E-state index contributed by atoms with van der Waals surface area (Å²) >= 11 is 0. The highest BCUT2D eigenvalue weighted by atomic mass is 28.4. The van der Waals surface area contributed by atoms with Crippen LogP contribution in [0.25, 0.3) is 16.8 Å². The maximum absolute atomic E-state index is 13.9. The van der Waals surface area contributed by atoms with E-state index >= 15 is 0 Å². The molecular formula is C46H53NO5Si. The first-order chi connectivity index (χ1) is 25.6. The number of ether oxygens (including phenoxy) is 1. The van der Waals surface area contributed by atoms with Gasteiger partial charge in [-0.1, -0.05) is 137 Å². The average molecular weight is 728 g/mol. The van der Waals surface area contributed by atoms with Crippen LogP contribution in [0.5, 0.6) is 5.75 Å². The number of allylic oxidation sites excluding steroid dienone is 1. The standard InChI is InChI=1S/C46H53NO5Si/c1-6-26-47-44(49)38-28-33(29-52-53(46(3,4)5,34-16-10-8-11-17-34)35-18-12-9-13-19-35)42-39(43(38)45(47)50)30-51-41(42)25-22-31(7-2)27-32-23-24-40(48)37-21-15-14-20-36(32)37/h8-21,23-24,27,38-39,41,43,48H,6-7,22,25-26,28-30H2,1-5H3/b31-27+/t38-,39+,41-,43-/m1/s1. The summed E-state index contributed by atoms with van der Waals surface area (Å²) in [4.78, 5) is 29.3. The lowest BCUT2D eigenvalue weighted by Crippen LogP contribution is -2.66. The summed E-state index contributed by atoms with van der Waals surface area (Å²) in [7, 11) is -2.87. The van der Waals surface area contributed by atoms with Crippen molar-refractivity contribution in [3.05, 3.63) is 119 Å². The van der Waals surface area contributed by atoms with Gasteiger partial charge in [0.2, 0.25) is 11.8 Å². The van der Waals surface area contributed by atoms with Crippen molar-refractivity contribution in [3.8, 4) is 5.75 Å². The number of fused-ring (bicyclic) bond motifs is 4. The number of carbonyl (C=O) groups excluding carboxylic acids is 2. The first kappa shape index (κ1) is 37.0. The second kappa shape index (κ2) is 15.2. The number of phenolic OH excluding ortho intramolecular Hbond substituents is 1. The zero-order chi connectivity index (χ0) is 37.3. The van der Waals surface area contributed by atoms with Crippen LogP contribution in [-0.2, 0) is 18.8 Å². The predicted octanol–water partition coefficient (Wildman–Crippen LogP) is 8.42. The number of aromatic hydroxyl groups is 1. The minimum Gasteiger partial charge on any atom is -0.507 e. The fraction of sp³-hybridized carbons (Fsp3) is 0.391. The molecule has 0 radical (unpaired) electrons. The number of phenols is 1. The van der Waals surface area contributed by atoms with Crippen LogP contribution in [-0.4, -0.2) is 56.0 Å². The minimum absolute atomic E-state index is 0.0334. The molecule has 2 saturated heterocycles. The van der Waals surface area contributed by atoms with Crippen molar-refractivity contribution in [2.45, 2.75) is 77.9 Å². The van der Waals surface area contributed by atoms with Crippen molar-refractivity contribution in [2.24, 2.45) is 17.8 Å². The second-order valence-electron chi connectivity index (χ2n) is 16.0. The highest BCUT2D eigenvalue weighted by Crippen LogP contribution is 2.50. The van der Waals surface area contributed by atoms with Gasteiger partial charge in [0.15, 0.2) is 0 Å². The Morgan fingerprint density at radius 1 is 0.868 bits per heavy atom. The third kappa shape index (κ3) is 6.73. The third-order valence-electron chi connectivity index (χ3n) is 11.9. The fourth-order valence-electron chi connectivity index (χ4n) is 9.39. The molecule has 7 heteroatoms. The van der Waals surface area contributed by atoms with Crippen LogP contribution in [0.4, 0.5) is 0 Å². The van der Waals surface area contributed by atoms with E-state index in [0.717, 1.165) is 47.6 Å². The number of benzene rings is 4. The Morgan fingerprint density at radius 2 is 1.51 bits per heavy atom. The molecule has 2 aliphatic heterocycles. The summed E-state index contributed by atoms with van der Waals surface area (Å²) < 4.78 is 14.2. The Hall–Kier alpha value is -4.30. The molecule has 2 amide bonds. The molecule has 4 aromatic rings. The van der Waals surface area contributed by atoms with Crippen molar-refractivity contribution < 1.29 is 23.9 Å². The quantitative estimate of drug-likeness (QED) is 0.0902. The predicted molar refractivity (Wildman–Crippen MR) is 216 cm³/mol. The normalized spacial score (nSPS) is 22.1.